The van der Waals surface area contributed by atoms with E-state index in [0.717, 1.165) is 12.0 Å². The van der Waals surface area contributed by atoms with Crippen molar-refractivity contribution < 1.29 is 14.3 Å². The summed E-state index contributed by atoms with van der Waals surface area (Å²) in [5, 5.41) is 2.81. The Balaban J connectivity index is 1.59. The van der Waals surface area contributed by atoms with Crippen LogP contribution in [0.25, 0.3) is 6.08 Å². The van der Waals surface area contributed by atoms with Crippen molar-refractivity contribution >= 4 is 51.9 Å². The van der Waals surface area contributed by atoms with Gasteiger partial charge in [0, 0.05) is 24.7 Å². The molecule has 0 aromatic heterocycles. The Bertz CT molecular complexity index is 955. The van der Waals surface area contributed by atoms with E-state index in [2.05, 4.69) is 24.4 Å². The van der Waals surface area contributed by atoms with Crippen LogP contribution in [0.3, 0.4) is 0 Å². The van der Waals surface area contributed by atoms with E-state index in [1.54, 1.807) is 31.4 Å². The minimum atomic E-state index is -0.188. The zero-order valence-electron chi connectivity index (χ0n) is 16.3. The number of carbonyl (C=O) groups excluding carboxylic acids is 2. The van der Waals surface area contributed by atoms with E-state index >= 15 is 0 Å². The summed E-state index contributed by atoms with van der Waals surface area (Å²) < 4.78 is 5.62. The van der Waals surface area contributed by atoms with Gasteiger partial charge in [0.2, 0.25) is 5.91 Å². The smallest absolute Gasteiger partial charge is 0.266 e. The van der Waals surface area contributed by atoms with Gasteiger partial charge in [0.15, 0.2) is 0 Å². The second-order valence-corrected chi connectivity index (χ2v) is 8.13. The lowest BCUT2D eigenvalue weighted by atomic mass is 10.1. The summed E-state index contributed by atoms with van der Waals surface area (Å²) in [7, 11) is 1.57. The van der Waals surface area contributed by atoms with Crippen LogP contribution < -0.4 is 10.1 Å². The number of methoxy groups -OCH3 is 1. The SMILES string of the molecule is CCc1ccc(C=C2SC(=S)N(CCC(=O)Nc3cccc(OC)c3)C2=O)cc1. The van der Waals surface area contributed by atoms with Crippen molar-refractivity contribution in [3.8, 4) is 5.75 Å². The molecule has 2 aromatic rings. The molecule has 1 aliphatic heterocycles. The van der Waals surface area contributed by atoms with Crippen LogP contribution in [-0.2, 0) is 16.0 Å². The molecule has 0 aliphatic carbocycles. The Morgan fingerprint density at radius 3 is 2.69 bits per heavy atom. The van der Waals surface area contributed by atoms with Gasteiger partial charge in [-0.15, -0.1) is 0 Å². The Labute approximate surface area is 180 Å². The number of ether oxygens (including phenoxy) is 1. The van der Waals surface area contributed by atoms with Gasteiger partial charge in [-0.25, -0.2) is 0 Å². The summed E-state index contributed by atoms with van der Waals surface area (Å²) in [5.41, 5.74) is 2.85. The van der Waals surface area contributed by atoms with E-state index in [1.165, 1.54) is 22.2 Å². The lowest BCUT2D eigenvalue weighted by molar-refractivity contribution is -0.122. The molecule has 150 valence electrons. The third-order valence-corrected chi connectivity index (χ3v) is 5.85. The van der Waals surface area contributed by atoms with Crippen LogP contribution in [0.15, 0.2) is 53.4 Å². The maximum Gasteiger partial charge on any atom is 0.266 e. The van der Waals surface area contributed by atoms with Crippen LogP contribution in [0.4, 0.5) is 5.69 Å². The second-order valence-electron chi connectivity index (χ2n) is 6.46. The summed E-state index contributed by atoms with van der Waals surface area (Å²) >= 11 is 6.61. The maximum atomic E-state index is 12.7. The van der Waals surface area contributed by atoms with E-state index < -0.39 is 0 Å². The molecule has 0 radical (unpaired) electrons. The Kier molecular flexibility index (Phi) is 7.06. The fraction of sp³-hybridized carbons (Fsp3) is 0.227. The molecule has 0 saturated carbocycles. The monoisotopic (exact) mass is 426 g/mol. The third kappa shape index (κ3) is 5.46. The molecule has 3 rings (SSSR count). The molecule has 5 nitrogen and oxygen atoms in total. The molecule has 0 spiro atoms. The molecule has 1 saturated heterocycles. The van der Waals surface area contributed by atoms with Crippen molar-refractivity contribution in [2.24, 2.45) is 0 Å². The lowest BCUT2D eigenvalue weighted by Crippen LogP contribution is -2.31. The molecule has 7 heteroatoms. The molecule has 0 unspecified atom stereocenters. The van der Waals surface area contributed by atoms with Gasteiger partial charge in [0.05, 0.1) is 12.0 Å². The van der Waals surface area contributed by atoms with E-state index in [-0.39, 0.29) is 24.8 Å². The highest BCUT2D eigenvalue weighted by Crippen LogP contribution is 2.32. The number of hydrogen-bond donors (Lipinski definition) is 1. The van der Waals surface area contributed by atoms with Gasteiger partial charge in [-0.3, -0.25) is 14.5 Å². The summed E-state index contributed by atoms with van der Waals surface area (Å²) in [6, 6.07) is 15.2. The number of aryl methyl sites for hydroxylation is 1. The van der Waals surface area contributed by atoms with Gasteiger partial charge in [-0.05, 0) is 35.8 Å². The zero-order chi connectivity index (χ0) is 20.8. The first-order valence-electron chi connectivity index (χ1n) is 9.28. The topological polar surface area (TPSA) is 58.6 Å². The number of thiocarbonyl (C=S) groups is 1. The number of benzene rings is 2. The number of hydrogen-bond acceptors (Lipinski definition) is 5. The predicted octanol–water partition coefficient (Wildman–Crippen LogP) is 4.49. The van der Waals surface area contributed by atoms with Crippen LogP contribution in [0.5, 0.6) is 5.75 Å². The van der Waals surface area contributed by atoms with Gasteiger partial charge in [-0.1, -0.05) is 61.2 Å². The third-order valence-electron chi connectivity index (χ3n) is 4.48. The lowest BCUT2D eigenvalue weighted by Gasteiger charge is -2.14. The molecule has 1 fully saturated rings. The fourth-order valence-corrected chi connectivity index (χ4v) is 4.14. The summed E-state index contributed by atoms with van der Waals surface area (Å²) in [5.74, 6) is 0.317. The number of nitrogens with zero attached hydrogens (tertiary/aromatic N) is 1. The number of anilines is 1. The van der Waals surface area contributed by atoms with Crippen LogP contribution >= 0.6 is 24.0 Å². The van der Waals surface area contributed by atoms with Crippen molar-refractivity contribution in [1.29, 1.82) is 0 Å². The van der Waals surface area contributed by atoms with Gasteiger partial charge < -0.3 is 10.1 Å². The Hall–Kier alpha value is -2.64. The first-order chi connectivity index (χ1) is 14.0. The highest BCUT2D eigenvalue weighted by atomic mass is 32.2. The predicted molar refractivity (Wildman–Crippen MR) is 122 cm³/mol. The van der Waals surface area contributed by atoms with Gasteiger partial charge in [0.1, 0.15) is 10.1 Å². The summed E-state index contributed by atoms with van der Waals surface area (Å²) in [6.07, 6.45) is 2.97. The number of carbonyl (C=O) groups is 2. The Morgan fingerprint density at radius 2 is 2.00 bits per heavy atom. The Morgan fingerprint density at radius 1 is 1.24 bits per heavy atom. The van der Waals surface area contributed by atoms with Crippen molar-refractivity contribution in [2.45, 2.75) is 19.8 Å². The average Bonchev–Trinajstić information content (AvgIpc) is 2.99. The van der Waals surface area contributed by atoms with Crippen molar-refractivity contribution in [3.63, 3.8) is 0 Å². The number of thioether (sulfide) groups is 1. The molecule has 1 N–H and O–H groups in total. The van der Waals surface area contributed by atoms with Crippen LogP contribution in [0.2, 0.25) is 0 Å². The minimum Gasteiger partial charge on any atom is -0.497 e. The number of rotatable bonds is 7. The van der Waals surface area contributed by atoms with E-state index in [4.69, 9.17) is 17.0 Å². The molecule has 1 aliphatic rings. The largest absolute Gasteiger partial charge is 0.497 e. The van der Waals surface area contributed by atoms with E-state index in [1.807, 2.05) is 18.2 Å². The first kappa shape index (κ1) is 21.1. The van der Waals surface area contributed by atoms with Crippen LogP contribution in [0, 0.1) is 0 Å². The summed E-state index contributed by atoms with van der Waals surface area (Å²) in [4.78, 5) is 27.0. The molecular formula is C22H22N2O3S2. The molecule has 0 atom stereocenters. The molecular weight excluding hydrogens is 404 g/mol. The van der Waals surface area contributed by atoms with Crippen LogP contribution in [-0.4, -0.2) is 34.7 Å². The number of amides is 2. The quantitative estimate of drug-likeness (QED) is 0.522. The van der Waals surface area contributed by atoms with Gasteiger partial charge >= 0.3 is 0 Å². The highest BCUT2D eigenvalue weighted by Gasteiger charge is 2.32. The van der Waals surface area contributed by atoms with E-state index in [9.17, 15) is 9.59 Å². The summed E-state index contributed by atoms with van der Waals surface area (Å²) in [6.45, 7) is 2.34. The molecule has 2 aromatic carbocycles. The van der Waals surface area contributed by atoms with Crippen molar-refractivity contribution in [2.75, 3.05) is 19.0 Å². The standard InChI is InChI=1S/C22H22N2O3S2/c1-3-15-7-9-16(10-8-15)13-19-21(26)24(22(28)29-19)12-11-20(25)23-17-5-4-6-18(14-17)27-2/h4-10,13-14H,3,11-12H2,1-2H3,(H,23,25). The maximum absolute atomic E-state index is 12.7. The number of nitrogens with one attached hydrogen (secondary N) is 1. The molecule has 29 heavy (non-hydrogen) atoms. The van der Waals surface area contributed by atoms with Gasteiger partial charge in [-0.2, -0.15) is 0 Å². The molecule has 0 bridgehead atoms. The second kappa shape index (κ2) is 9.71. The fourth-order valence-electron chi connectivity index (χ4n) is 2.83. The van der Waals surface area contributed by atoms with Gasteiger partial charge in [0.25, 0.3) is 5.91 Å². The highest BCUT2D eigenvalue weighted by molar-refractivity contribution is 8.26. The minimum absolute atomic E-state index is 0.155. The normalized spacial score (nSPS) is 15.1. The zero-order valence-corrected chi connectivity index (χ0v) is 17.9. The average molecular weight is 427 g/mol. The van der Waals surface area contributed by atoms with Crippen molar-refractivity contribution in [3.05, 3.63) is 64.6 Å². The van der Waals surface area contributed by atoms with Crippen LogP contribution in [0.1, 0.15) is 24.5 Å². The molecule has 1 heterocycles. The van der Waals surface area contributed by atoms with Crippen molar-refractivity contribution in [1.82, 2.24) is 4.90 Å². The molecule has 2 amide bonds. The first-order valence-corrected chi connectivity index (χ1v) is 10.5. The van der Waals surface area contributed by atoms with E-state index in [0.29, 0.717) is 20.7 Å².